The van der Waals surface area contributed by atoms with E-state index < -0.39 is 0 Å². The maximum absolute atomic E-state index is 6.11. The van der Waals surface area contributed by atoms with Crippen LogP contribution >= 0.6 is 11.8 Å². The van der Waals surface area contributed by atoms with Crippen LogP contribution in [0.2, 0.25) is 0 Å². The quantitative estimate of drug-likeness (QED) is 0.871. The van der Waals surface area contributed by atoms with E-state index in [1.807, 2.05) is 17.8 Å². The number of thioether (sulfide) groups is 1. The lowest BCUT2D eigenvalue weighted by Gasteiger charge is -2.43. The minimum Gasteiger partial charge on any atom is -0.493 e. The molecule has 0 bridgehead atoms. The van der Waals surface area contributed by atoms with Gasteiger partial charge < -0.3 is 15.2 Å². The molecule has 1 aromatic carbocycles. The molecule has 0 amide bonds. The summed E-state index contributed by atoms with van der Waals surface area (Å²) in [6.45, 7) is 5.16. The molecule has 0 aromatic heterocycles. The van der Waals surface area contributed by atoms with Crippen molar-refractivity contribution in [1.29, 1.82) is 0 Å². The lowest BCUT2D eigenvalue weighted by Crippen LogP contribution is -2.55. The highest BCUT2D eigenvalue weighted by Crippen LogP contribution is 2.30. The van der Waals surface area contributed by atoms with Gasteiger partial charge in [-0.3, -0.25) is 4.90 Å². The van der Waals surface area contributed by atoms with Crippen LogP contribution in [0.5, 0.6) is 11.5 Å². The van der Waals surface area contributed by atoms with E-state index in [0.717, 1.165) is 31.0 Å². The van der Waals surface area contributed by atoms with Crippen molar-refractivity contribution in [1.82, 2.24) is 4.90 Å². The molecule has 1 atom stereocenters. The van der Waals surface area contributed by atoms with Gasteiger partial charge in [-0.15, -0.1) is 0 Å². The summed E-state index contributed by atoms with van der Waals surface area (Å²) >= 11 is 2.02. The predicted molar refractivity (Wildman–Crippen MR) is 89.6 cm³/mol. The molecule has 2 N–H and O–H groups in total. The molecule has 0 radical (unpaired) electrons. The van der Waals surface area contributed by atoms with Crippen LogP contribution in [0, 0.1) is 0 Å². The van der Waals surface area contributed by atoms with Gasteiger partial charge in [0.25, 0.3) is 0 Å². The van der Waals surface area contributed by atoms with Gasteiger partial charge in [-0.05, 0) is 31.0 Å². The van der Waals surface area contributed by atoms with E-state index in [4.69, 9.17) is 15.2 Å². The van der Waals surface area contributed by atoms with E-state index >= 15 is 0 Å². The summed E-state index contributed by atoms with van der Waals surface area (Å²) in [4.78, 5) is 2.53. The van der Waals surface area contributed by atoms with E-state index in [2.05, 4.69) is 24.0 Å². The molecular formula is C16H26N2O2S. The molecular weight excluding hydrogens is 284 g/mol. The standard InChI is InChI=1S/C16H26N2O2S/c1-16(12-17,18-6-8-21-9-7-18)11-13-4-5-14(19-2)15(10-13)20-3/h4-5,10H,6-9,11-12,17H2,1-3H3. The van der Waals surface area contributed by atoms with Crippen LogP contribution < -0.4 is 15.2 Å². The van der Waals surface area contributed by atoms with Gasteiger partial charge in [-0.25, -0.2) is 0 Å². The second-order valence-corrected chi connectivity index (χ2v) is 6.89. The molecule has 1 saturated heterocycles. The maximum Gasteiger partial charge on any atom is 0.160 e. The Bertz CT molecular complexity index is 464. The number of hydrogen-bond donors (Lipinski definition) is 1. The lowest BCUT2D eigenvalue weighted by molar-refractivity contribution is 0.123. The van der Waals surface area contributed by atoms with Gasteiger partial charge >= 0.3 is 0 Å². The second kappa shape index (κ2) is 7.38. The first kappa shape index (κ1) is 16.5. The van der Waals surface area contributed by atoms with Gasteiger partial charge in [0.05, 0.1) is 14.2 Å². The SMILES string of the molecule is COc1ccc(CC(C)(CN)N2CCSCC2)cc1OC. The number of methoxy groups -OCH3 is 2. The molecule has 1 aliphatic rings. The zero-order valence-electron chi connectivity index (χ0n) is 13.2. The maximum atomic E-state index is 6.11. The fourth-order valence-electron chi connectivity index (χ4n) is 2.85. The molecule has 0 aliphatic carbocycles. The largest absolute Gasteiger partial charge is 0.493 e. The van der Waals surface area contributed by atoms with E-state index in [9.17, 15) is 0 Å². The number of nitrogens with two attached hydrogens (primary N) is 1. The average molecular weight is 310 g/mol. The van der Waals surface area contributed by atoms with Crippen molar-refractivity contribution in [3.8, 4) is 11.5 Å². The smallest absolute Gasteiger partial charge is 0.160 e. The number of hydrogen-bond acceptors (Lipinski definition) is 5. The van der Waals surface area contributed by atoms with Crippen LogP contribution in [0.3, 0.4) is 0 Å². The van der Waals surface area contributed by atoms with E-state index in [0.29, 0.717) is 6.54 Å². The summed E-state index contributed by atoms with van der Waals surface area (Å²) in [5.41, 5.74) is 7.34. The third-order valence-electron chi connectivity index (χ3n) is 4.25. The van der Waals surface area contributed by atoms with Crippen LogP contribution in [-0.4, -0.2) is 55.8 Å². The summed E-state index contributed by atoms with van der Waals surface area (Å²) in [5.74, 6) is 3.94. The highest BCUT2D eigenvalue weighted by molar-refractivity contribution is 7.99. The zero-order chi connectivity index (χ0) is 15.3. The summed E-state index contributed by atoms with van der Waals surface area (Å²) in [5, 5.41) is 0. The van der Waals surface area contributed by atoms with E-state index in [1.54, 1.807) is 14.2 Å². The molecule has 2 rings (SSSR count). The Balaban J connectivity index is 2.17. The molecule has 0 saturated carbocycles. The highest BCUT2D eigenvalue weighted by Gasteiger charge is 2.31. The minimum atomic E-state index is 0.000575. The molecule has 4 nitrogen and oxygen atoms in total. The molecule has 118 valence electrons. The van der Waals surface area contributed by atoms with Crippen LogP contribution in [-0.2, 0) is 6.42 Å². The number of nitrogens with zero attached hydrogens (tertiary/aromatic N) is 1. The first-order valence-electron chi connectivity index (χ1n) is 7.37. The third kappa shape index (κ3) is 3.84. The molecule has 21 heavy (non-hydrogen) atoms. The Morgan fingerprint density at radius 1 is 1.19 bits per heavy atom. The van der Waals surface area contributed by atoms with Crippen molar-refractivity contribution in [3.05, 3.63) is 23.8 Å². The van der Waals surface area contributed by atoms with Crippen molar-refractivity contribution >= 4 is 11.8 Å². The van der Waals surface area contributed by atoms with Crippen molar-refractivity contribution in [2.45, 2.75) is 18.9 Å². The summed E-state index contributed by atoms with van der Waals surface area (Å²) in [6.07, 6.45) is 0.925. The van der Waals surface area contributed by atoms with Crippen molar-refractivity contribution in [2.24, 2.45) is 5.73 Å². The lowest BCUT2D eigenvalue weighted by atomic mass is 9.90. The van der Waals surface area contributed by atoms with E-state index in [-0.39, 0.29) is 5.54 Å². The van der Waals surface area contributed by atoms with E-state index in [1.165, 1.54) is 17.1 Å². The Kier molecular flexibility index (Phi) is 5.79. The van der Waals surface area contributed by atoms with Crippen molar-refractivity contribution < 1.29 is 9.47 Å². The fraction of sp³-hybridized carbons (Fsp3) is 0.625. The van der Waals surface area contributed by atoms with Gasteiger partial charge in [-0.1, -0.05) is 6.07 Å². The average Bonchev–Trinajstić information content (AvgIpc) is 2.55. The van der Waals surface area contributed by atoms with Gasteiger partial charge in [-0.2, -0.15) is 11.8 Å². The Hall–Kier alpha value is -0.910. The summed E-state index contributed by atoms with van der Waals surface area (Å²) < 4.78 is 10.7. The molecule has 1 aromatic rings. The third-order valence-corrected chi connectivity index (χ3v) is 5.19. The Labute approximate surface area is 132 Å². The predicted octanol–water partition coefficient (Wildman–Crippen LogP) is 2.01. The highest BCUT2D eigenvalue weighted by atomic mass is 32.2. The molecule has 1 fully saturated rings. The van der Waals surface area contributed by atoms with Crippen molar-refractivity contribution in [2.75, 3.05) is 45.4 Å². The van der Waals surface area contributed by atoms with Gasteiger partial charge in [0, 0.05) is 36.7 Å². The zero-order valence-corrected chi connectivity index (χ0v) is 14.0. The first-order chi connectivity index (χ1) is 10.1. The number of benzene rings is 1. The minimum absolute atomic E-state index is 0.000575. The number of ether oxygens (including phenoxy) is 2. The van der Waals surface area contributed by atoms with Crippen LogP contribution in [0.25, 0.3) is 0 Å². The van der Waals surface area contributed by atoms with Crippen LogP contribution in [0.4, 0.5) is 0 Å². The Morgan fingerprint density at radius 2 is 1.86 bits per heavy atom. The van der Waals surface area contributed by atoms with Gasteiger partial charge in [0.2, 0.25) is 0 Å². The second-order valence-electron chi connectivity index (χ2n) is 5.67. The first-order valence-corrected chi connectivity index (χ1v) is 8.52. The monoisotopic (exact) mass is 310 g/mol. The normalized spacial score (nSPS) is 19.0. The molecule has 5 heteroatoms. The topological polar surface area (TPSA) is 47.7 Å². The molecule has 0 spiro atoms. The van der Waals surface area contributed by atoms with Crippen molar-refractivity contribution in [3.63, 3.8) is 0 Å². The van der Waals surface area contributed by atoms with Crippen LogP contribution in [0.1, 0.15) is 12.5 Å². The fourth-order valence-corrected chi connectivity index (χ4v) is 3.75. The summed E-state index contributed by atoms with van der Waals surface area (Å²) in [7, 11) is 3.33. The molecule has 1 unspecified atom stereocenters. The van der Waals surface area contributed by atoms with Crippen LogP contribution in [0.15, 0.2) is 18.2 Å². The number of rotatable bonds is 6. The molecule has 1 aliphatic heterocycles. The van der Waals surface area contributed by atoms with Gasteiger partial charge in [0.15, 0.2) is 11.5 Å². The van der Waals surface area contributed by atoms with Gasteiger partial charge in [0.1, 0.15) is 0 Å². The summed E-state index contributed by atoms with van der Waals surface area (Å²) in [6, 6.07) is 6.14. The Morgan fingerprint density at radius 3 is 2.43 bits per heavy atom. The molecule has 1 heterocycles.